The number of thioether (sulfide) groups is 1. The van der Waals surface area contributed by atoms with Crippen molar-refractivity contribution >= 4 is 23.5 Å². The molecule has 0 aromatic heterocycles. The molecule has 3 rings (SSSR count). The van der Waals surface area contributed by atoms with E-state index in [0.717, 1.165) is 40.2 Å². The third kappa shape index (κ3) is 6.47. The smallest absolute Gasteiger partial charge is 0.350 e. The molecule has 1 fully saturated rings. The molecule has 1 heterocycles. The van der Waals surface area contributed by atoms with Gasteiger partial charge in [0.05, 0.1) is 0 Å². The minimum absolute atomic E-state index is 0.0954. The predicted molar refractivity (Wildman–Crippen MR) is 143 cm³/mol. The molecule has 0 bridgehead atoms. The van der Waals surface area contributed by atoms with Crippen molar-refractivity contribution in [2.24, 2.45) is 5.92 Å². The first-order valence-corrected chi connectivity index (χ1v) is 13.3. The fourth-order valence-electron chi connectivity index (χ4n) is 4.63. The van der Waals surface area contributed by atoms with Crippen molar-refractivity contribution in [1.29, 1.82) is 0 Å². The highest BCUT2D eigenvalue weighted by atomic mass is 32.2. The van der Waals surface area contributed by atoms with E-state index >= 15 is 0 Å². The first-order chi connectivity index (χ1) is 16.2. The van der Waals surface area contributed by atoms with Crippen molar-refractivity contribution in [2.75, 3.05) is 26.4 Å². The molecule has 0 spiro atoms. The van der Waals surface area contributed by atoms with Gasteiger partial charge in [-0.25, -0.2) is 4.79 Å². The molecule has 35 heavy (non-hydrogen) atoms. The number of nitrogens with zero attached hydrogens (tertiary/aromatic N) is 1. The Labute approximate surface area is 214 Å². The molecule has 0 amide bonds. The maximum atomic E-state index is 13.5. The summed E-state index contributed by atoms with van der Waals surface area (Å²) in [4.78, 5) is 29.6. The molecule has 0 saturated carbocycles. The van der Waals surface area contributed by atoms with Crippen LogP contribution < -0.4 is 4.74 Å². The number of likely N-dealkylation sites (N-methyl/N-ethyl adjacent to an activating group) is 1. The number of rotatable bonds is 7. The Morgan fingerprint density at radius 2 is 1.54 bits per heavy atom. The van der Waals surface area contributed by atoms with Crippen LogP contribution in [-0.4, -0.2) is 54.2 Å². The molecule has 1 aliphatic rings. The van der Waals surface area contributed by atoms with Crippen LogP contribution in [0.5, 0.6) is 5.75 Å². The number of esters is 1. The molecule has 0 unspecified atom stereocenters. The van der Waals surface area contributed by atoms with E-state index < -0.39 is 17.2 Å². The molecule has 0 aliphatic carbocycles. The first-order valence-electron chi connectivity index (χ1n) is 12.1. The van der Waals surface area contributed by atoms with E-state index in [4.69, 9.17) is 9.47 Å². The Kier molecular flexibility index (Phi) is 8.07. The van der Waals surface area contributed by atoms with Crippen LogP contribution in [0.2, 0.25) is 0 Å². The molecular weight excluding hydrogens is 458 g/mol. The number of Topliss-reactive ketones (excluding diaryl/α,β-unsaturated/α-hetero) is 1. The molecule has 190 valence electrons. The lowest BCUT2D eigenvalue weighted by Gasteiger charge is -2.30. The minimum Gasteiger partial charge on any atom is -0.476 e. The lowest BCUT2D eigenvalue weighted by molar-refractivity contribution is -0.171. The fourth-order valence-corrected chi connectivity index (χ4v) is 5.04. The van der Waals surface area contributed by atoms with Gasteiger partial charge in [0, 0.05) is 35.4 Å². The molecule has 5 nitrogen and oxygen atoms in total. The van der Waals surface area contributed by atoms with Crippen LogP contribution in [0.3, 0.4) is 0 Å². The van der Waals surface area contributed by atoms with Crippen molar-refractivity contribution in [1.82, 2.24) is 4.90 Å². The van der Waals surface area contributed by atoms with E-state index in [-0.39, 0.29) is 17.6 Å². The van der Waals surface area contributed by atoms with Gasteiger partial charge in [-0.15, -0.1) is 11.8 Å². The number of likely N-dealkylation sites (tertiary alicyclic amines) is 1. The summed E-state index contributed by atoms with van der Waals surface area (Å²) in [6.45, 7) is 14.5. The van der Waals surface area contributed by atoms with Gasteiger partial charge in [-0.05, 0) is 90.6 Å². The van der Waals surface area contributed by atoms with Crippen LogP contribution in [0.4, 0.5) is 0 Å². The third-order valence-corrected chi connectivity index (χ3v) is 7.12. The van der Waals surface area contributed by atoms with Gasteiger partial charge < -0.3 is 14.4 Å². The molecule has 6 heteroatoms. The molecule has 1 saturated heterocycles. The molecule has 2 aromatic carbocycles. The zero-order valence-electron chi connectivity index (χ0n) is 22.5. The average Bonchev–Trinajstić information content (AvgIpc) is 3.16. The topological polar surface area (TPSA) is 55.8 Å². The number of hydrogen-bond donors (Lipinski definition) is 0. The standard InChI is InChI=1S/C29H39NO4S/c1-18-14-21(15-19(2)26(18)33-29(6,7)27(32)34-28(3,4)5)23-16-30(8)17-24(23)25(31)20-10-12-22(35-9)13-11-20/h10-15,23-24H,16-17H2,1-9H3/t23-,24+/m1/s1. The van der Waals surface area contributed by atoms with Crippen molar-refractivity contribution in [2.45, 2.75) is 70.5 Å². The number of ketones is 1. The van der Waals surface area contributed by atoms with Gasteiger partial charge in [-0.3, -0.25) is 4.79 Å². The summed E-state index contributed by atoms with van der Waals surface area (Å²) in [6, 6.07) is 12.1. The van der Waals surface area contributed by atoms with E-state index in [1.807, 2.05) is 65.1 Å². The summed E-state index contributed by atoms with van der Waals surface area (Å²) in [5.41, 5.74) is 2.08. The van der Waals surface area contributed by atoms with Crippen LogP contribution in [0.1, 0.15) is 67.6 Å². The second kappa shape index (κ2) is 10.4. The Hall–Kier alpha value is -2.31. The lowest BCUT2D eigenvalue weighted by atomic mass is 9.82. The van der Waals surface area contributed by atoms with Gasteiger partial charge in [-0.1, -0.05) is 24.3 Å². The molecular formula is C29H39NO4S. The van der Waals surface area contributed by atoms with Crippen molar-refractivity contribution in [3.05, 3.63) is 58.7 Å². The first kappa shape index (κ1) is 27.3. The van der Waals surface area contributed by atoms with Gasteiger partial charge in [0.1, 0.15) is 11.4 Å². The van der Waals surface area contributed by atoms with Gasteiger partial charge in [0.15, 0.2) is 11.4 Å². The highest BCUT2D eigenvalue weighted by molar-refractivity contribution is 7.98. The number of ether oxygens (including phenoxy) is 2. The lowest BCUT2D eigenvalue weighted by Crippen LogP contribution is -2.43. The SMILES string of the molecule is CSc1ccc(C(=O)[C@H]2CN(C)C[C@@H]2c2cc(C)c(OC(C)(C)C(=O)OC(C)(C)C)c(C)c2)cc1. The van der Waals surface area contributed by atoms with Gasteiger partial charge in [0.25, 0.3) is 0 Å². The quantitative estimate of drug-likeness (QED) is 0.264. The van der Waals surface area contributed by atoms with E-state index in [1.54, 1.807) is 25.6 Å². The van der Waals surface area contributed by atoms with Crippen LogP contribution in [0.25, 0.3) is 0 Å². The van der Waals surface area contributed by atoms with Crippen LogP contribution in [0.15, 0.2) is 41.3 Å². The van der Waals surface area contributed by atoms with Crippen molar-refractivity contribution < 1.29 is 19.1 Å². The maximum absolute atomic E-state index is 13.5. The second-order valence-electron chi connectivity index (χ2n) is 11.1. The van der Waals surface area contributed by atoms with Gasteiger partial charge in [-0.2, -0.15) is 0 Å². The van der Waals surface area contributed by atoms with Gasteiger partial charge in [0.2, 0.25) is 0 Å². The van der Waals surface area contributed by atoms with E-state index in [1.165, 1.54) is 0 Å². The Morgan fingerprint density at radius 1 is 0.971 bits per heavy atom. The second-order valence-corrected chi connectivity index (χ2v) is 12.0. The molecule has 2 atom stereocenters. The Morgan fingerprint density at radius 3 is 2.06 bits per heavy atom. The maximum Gasteiger partial charge on any atom is 0.350 e. The minimum atomic E-state index is -1.13. The summed E-state index contributed by atoms with van der Waals surface area (Å²) in [5, 5.41) is 0. The summed E-state index contributed by atoms with van der Waals surface area (Å²) < 4.78 is 11.8. The van der Waals surface area contributed by atoms with Crippen LogP contribution in [0, 0.1) is 19.8 Å². The summed E-state index contributed by atoms with van der Waals surface area (Å²) in [5.74, 6) is 0.463. The van der Waals surface area contributed by atoms with Crippen molar-refractivity contribution in [3.8, 4) is 5.75 Å². The Bertz CT molecular complexity index is 1060. The average molecular weight is 498 g/mol. The molecule has 2 aromatic rings. The number of carbonyl (C=O) groups is 2. The monoisotopic (exact) mass is 497 g/mol. The number of carbonyl (C=O) groups excluding carboxylic acids is 2. The van der Waals surface area contributed by atoms with E-state index in [9.17, 15) is 9.59 Å². The zero-order chi connectivity index (χ0) is 26.1. The largest absolute Gasteiger partial charge is 0.476 e. The zero-order valence-corrected chi connectivity index (χ0v) is 23.3. The molecule has 0 N–H and O–H groups in total. The van der Waals surface area contributed by atoms with Crippen molar-refractivity contribution in [3.63, 3.8) is 0 Å². The third-order valence-electron chi connectivity index (χ3n) is 6.37. The molecule has 1 aliphatic heterocycles. The molecule has 0 radical (unpaired) electrons. The summed E-state index contributed by atoms with van der Waals surface area (Å²) in [6.07, 6.45) is 2.03. The highest BCUT2D eigenvalue weighted by Crippen LogP contribution is 2.38. The van der Waals surface area contributed by atoms with Gasteiger partial charge >= 0.3 is 5.97 Å². The van der Waals surface area contributed by atoms with E-state index in [0.29, 0.717) is 5.75 Å². The summed E-state index contributed by atoms with van der Waals surface area (Å²) >= 11 is 1.67. The Balaban J connectivity index is 1.86. The van der Waals surface area contributed by atoms with Crippen LogP contribution >= 0.6 is 11.8 Å². The number of benzene rings is 2. The highest BCUT2D eigenvalue weighted by Gasteiger charge is 2.39. The van der Waals surface area contributed by atoms with E-state index in [2.05, 4.69) is 24.1 Å². The number of hydrogen-bond acceptors (Lipinski definition) is 6. The number of aryl methyl sites for hydroxylation is 2. The summed E-state index contributed by atoms with van der Waals surface area (Å²) in [7, 11) is 2.07. The fraction of sp³-hybridized carbons (Fsp3) is 0.517. The van der Waals surface area contributed by atoms with Crippen LogP contribution in [-0.2, 0) is 9.53 Å². The predicted octanol–water partition coefficient (Wildman–Crippen LogP) is 6.05. The normalized spacial score (nSPS) is 19.0.